The van der Waals surface area contributed by atoms with Gasteiger partial charge in [0.2, 0.25) is 5.91 Å². The fourth-order valence-corrected chi connectivity index (χ4v) is 2.11. The quantitative estimate of drug-likeness (QED) is 0.824. The minimum absolute atomic E-state index is 0.0185. The van der Waals surface area contributed by atoms with E-state index in [1.54, 1.807) is 7.05 Å². The molecular weight excluding hydrogens is 276 g/mol. The number of hydrogen-bond donors (Lipinski definition) is 2. The Hall–Kier alpha value is -2.49. The van der Waals surface area contributed by atoms with Crippen LogP contribution < -0.4 is 15.4 Å². The SMILES string of the molecule is CNC(=O)CCOc1ccc(NC(C)c2ccccc2)cc1. The highest BCUT2D eigenvalue weighted by atomic mass is 16.5. The van der Waals surface area contributed by atoms with Gasteiger partial charge in [-0.3, -0.25) is 4.79 Å². The molecule has 0 aliphatic rings. The van der Waals surface area contributed by atoms with Crippen LogP contribution in [0, 0.1) is 0 Å². The van der Waals surface area contributed by atoms with Crippen LogP contribution in [-0.4, -0.2) is 19.6 Å². The van der Waals surface area contributed by atoms with Crippen molar-refractivity contribution in [2.45, 2.75) is 19.4 Å². The van der Waals surface area contributed by atoms with Crippen molar-refractivity contribution in [3.8, 4) is 5.75 Å². The van der Waals surface area contributed by atoms with E-state index in [2.05, 4.69) is 29.7 Å². The number of hydrogen-bond acceptors (Lipinski definition) is 3. The fourth-order valence-electron chi connectivity index (χ4n) is 2.11. The van der Waals surface area contributed by atoms with E-state index in [-0.39, 0.29) is 11.9 Å². The molecule has 0 aliphatic heterocycles. The average Bonchev–Trinajstić information content (AvgIpc) is 2.57. The van der Waals surface area contributed by atoms with Crippen molar-refractivity contribution in [3.63, 3.8) is 0 Å². The number of ether oxygens (including phenoxy) is 1. The Kier molecular flexibility index (Phi) is 5.83. The van der Waals surface area contributed by atoms with E-state index >= 15 is 0 Å². The van der Waals surface area contributed by atoms with Gasteiger partial charge < -0.3 is 15.4 Å². The van der Waals surface area contributed by atoms with Crippen LogP contribution in [0.2, 0.25) is 0 Å². The van der Waals surface area contributed by atoms with Gasteiger partial charge in [0.25, 0.3) is 0 Å². The lowest BCUT2D eigenvalue weighted by atomic mass is 10.1. The third-order valence-electron chi connectivity index (χ3n) is 3.41. The summed E-state index contributed by atoms with van der Waals surface area (Å²) in [5, 5.41) is 6.02. The molecule has 4 nitrogen and oxygen atoms in total. The van der Waals surface area contributed by atoms with Gasteiger partial charge >= 0.3 is 0 Å². The zero-order valence-corrected chi connectivity index (χ0v) is 13.0. The van der Waals surface area contributed by atoms with E-state index in [9.17, 15) is 4.79 Å². The number of nitrogens with one attached hydrogen (secondary N) is 2. The molecule has 0 heterocycles. The second kappa shape index (κ2) is 8.08. The monoisotopic (exact) mass is 298 g/mol. The summed E-state index contributed by atoms with van der Waals surface area (Å²) in [5.74, 6) is 0.747. The summed E-state index contributed by atoms with van der Waals surface area (Å²) >= 11 is 0. The van der Waals surface area contributed by atoms with Crippen molar-refractivity contribution >= 4 is 11.6 Å². The molecular formula is C18H22N2O2. The van der Waals surface area contributed by atoms with E-state index < -0.39 is 0 Å². The number of anilines is 1. The molecule has 0 fully saturated rings. The Morgan fingerprint density at radius 1 is 1.09 bits per heavy atom. The highest BCUT2D eigenvalue weighted by Crippen LogP contribution is 2.21. The first-order valence-corrected chi connectivity index (χ1v) is 7.44. The molecule has 0 saturated carbocycles. The number of benzene rings is 2. The lowest BCUT2D eigenvalue weighted by molar-refractivity contribution is -0.121. The highest BCUT2D eigenvalue weighted by Gasteiger charge is 2.04. The molecule has 0 aromatic heterocycles. The van der Waals surface area contributed by atoms with Crippen LogP contribution in [0.5, 0.6) is 5.75 Å². The number of amides is 1. The van der Waals surface area contributed by atoms with Crippen LogP contribution in [0.3, 0.4) is 0 Å². The Morgan fingerprint density at radius 2 is 1.77 bits per heavy atom. The van der Waals surface area contributed by atoms with Crippen LogP contribution in [0.15, 0.2) is 54.6 Å². The smallest absolute Gasteiger partial charge is 0.223 e. The highest BCUT2D eigenvalue weighted by molar-refractivity contribution is 5.75. The Labute approximate surface area is 131 Å². The van der Waals surface area contributed by atoms with Crippen molar-refractivity contribution in [2.75, 3.05) is 19.0 Å². The van der Waals surface area contributed by atoms with Crippen molar-refractivity contribution < 1.29 is 9.53 Å². The first kappa shape index (κ1) is 15.9. The van der Waals surface area contributed by atoms with Gasteiger partial charge in [0.15, 0.2) is 0 Å². The van der Waals surface area contributed by atoms with Crippen molar-refractivity contribution in [3.05, 3.63) is 60.2 Å². The normalized spacial score (nSPS) is 11.5. The van der Waals surface area contributed by atoms with E-state index in [4.69, 9.17) is 4.74 Å². The maximum Gasteiger partial charge on any atom is 0.223 e. The van der Waals surface area contributed by atoms with E-state index in [1.807, 2.05) is 42.5 Å². The minimum atomic E-state index is -0.0185. The molecule has 1 amide bonds. The molecule has 2 rings (SSSR count). The van der Waals surface area contributed by atoms with Gasteiger partial charge in [-0.05, 0) is 36.8 Å². The second-order valence-electron chi connectivity index (χ2n) is 5.07. The van der Waals surface area contributed by atoms with Crippen LogP contribution >= 0.6 is 0 Å². The van der Waals surface area contributed by atoms with E-state index in [0.29, 0.717) is 13.0 Å². The maximum absolute atomic E-state index is 11.1. The maximum atomic E-state index is 11.1. The molecule has 2 aromatic carbocycles. The minimum Gasteiger partial charge on any atom is -0.493 e. The Morgan fingerprint density at radius 3 is 2.41 bits per heavy atom. The number of carbonyl (C=O) groups excluding carboxylic acids is 1. The summed E-state index contributed by atoms with van der Waals surface area (Å²) in [5.41, 5.74) is 2.28. The summed E-state index contributed by atoms with van der Waals surface area (Å²) in [4.78, 5) is 11.1. The molecule has 2 N–H and O–H groups in total. The predicted molar refractivity (Wildman–Crippen MR) is 89.1 cm³/mol. The van der Waals surface area contributed by atoms with Crippen molar-refractivity contribution in [1.82, 2.24) is 5.32 Å². The fraction of sp³-hybridized carbons (Fsp3) is 0.278. The molecule has 22 heavy (non-hydrogen) atoms. The first-order valence-electron chi connectivity index (χ1n) is 7.44. The molecule has 0 bridgehead atoms. The molecule has 1 atom stereocenters. The lowest BCUT2D eigenvalue weighted by Crippen LogP contribution is -2.20. The predicted octanol–water partition coefficient (Wildman–Crippen LogP) is 3.37. The summed E-state index contributed by atoms with van der Waals surface area (Å²) in [6.45, 7) is 2.51. The van der Waals surface area contributed by atoms with Gasteiger partial charge in [0.1, 0.15) is 5.75 Å². The first-order chi connectivity index (χ1) is 10.7. The average molecular weight is 298 g/mol. The summed E-state index contributed by atoms with van der Waals surface area (Å²) in [6, 6.07) is 18.3. The van der Waals surface area contributed by atoms with Crippen molar-refractivity contribution in [1.29, 1.82) is 0 Å². The number of carbonyl (C=O) groups is 1. The van der Waals surface area contributed by atoms with Gasteiger partial charge in [-0.25, -0.2) is 0 Å². The molecule has 116 valence electrons. The van der Waals surface area contributed by atoms with E-state index in [1.165, 1.54) is 5.56 Å². The zero-order valence-electron chi connectivity index (χ0n) is 13.0. The van der Waals surface area contributed by atoms with Gasteiger partial charge in [0.05, 0.1) is 13.0 Å². The van der Waals surface area contributed by atoms with Gasteiger partial charge in [-0.1, -0.05) is 30.3 Å². The Bertz CT molecular complexity index is 582. The topological polar surface area (TPSA) is 50.4 Å². The standard InChI is InChI=1S/C18H22N2O2/c1-14(15-6-4-3-5-7-15)20-16-8-10-17(11-9-16)22-13-12-18(21)19-2/h3-11,14,20H,12-13H2,1-2H3,(H,19,21). The van der Waals surface area contributed by atoms with Gasteiger partial charge in [-0.2, -0.15) is 0 Å². The second-order valence-corrected chi connectivity index (χ2v) is 5.07. The molecule has 1 unspecified atom stereocenters. The lowest BCUT2D eigenvalue weighted by Gasteiger charge is -2.16. The largest absolute Gasteiger partial charge is 0.493 e. The molecule has 0 saturated heterocycles. The molecule has 4 heteroatoms. The van der Waals surface area contributed by atoms with Crippen LogP contribution in [0.25, 0.3) is 0 Å². The van der Waals surface area contributed by atoms with Crippen LogP contribution in [0.4, 0.5) is 5.69 Å². The van der Waals surface area contributed by atoms with Crippen LogP contribution in [-0.2, 0) is 4.79 Å². The Balaban J connectivity index is 1.85. The van der Waals surface area contributed by atoms with Gasteiger partial charge in [-0.15, -0.1) is 0 Å². The molecule has 2 aromatic rings. The molecule has 0 aliphatic carbocycles. The summed E-state index contributed by atoms with van der Waals surface area (Å²) < 4.78 is 5.53. The van der Waals surface area contributed by atoms with Crippen LogP contribution in [0.1, 0.15) is 24.9 Å². The zero-order chi connectivity index (χ0) is 15.8. The number of rotatable bonds is 7. The third-order valence-corrected chi connectivity index (χ3v) is 3.41. The summed E-state index contributed by atoms with van der Waals surface area (Å²) in [6.07, 6.45) is 0.363. The van der Waals surface area contributed by atoms with Crippen molar-refractivity contribution in [2.24, 2.45) is 0 Å². The van der Waals surface area contributed by atoms with Gasteiger partial charge in [0, 0.05) is 18.8 Å². The molecule has 0 spiro atoms. The summed E-state index contributed by atoms with van der Waals surface area (Å²) in [7, 11) is 1.62. The third kappa shape index (κ3) is 4.81. The molecule has 0 radical (unpaired) electrons. The van der Waals surface area contributed by atoms with E-state index in [0.717, 1.165) is 11.4 Å².